The van der Waals surface area contributed by atoms with E-state index in [1.165, 1.54) is 0 Å². The lowest BCUT2D eigenvalue weighted by Gasteiger charge is -2.33. The van der Waals surface area contributed by atoms with Crippen LogP contribution < -0.4 is 0 Å². The number of hydrogen-bond acceptors (Lipinski definition) is 2. The van der Waals surface area contributed by atoms with E-state index in [1.807, 2.05) is 13.8 Å². The van der Waals surface area contributed by atoms with Gasteiger partial charge in [-0.05, 0) is 31.1 Å². The van der Waals surface area contributed by atoms with Gasteiger partial charge in [-0.3, -0.25) is 0 Å². The van der Waals surface area contributed by atoms with E-state index in [2.05, 4.69) is 0 Å². The first-order valence-electron chi connectivity index (χ1n) is 4.26. The summed E-state index contributed by atoms with van der Waals surface area (Å²) in [5, 5.41) is 19.1. The Morgan fingerprint density at radius 1 is 1.50 bits per heavy atom. The summed E-state index contributed by atoms with van der Waals surface area (Å²) in [6, 6.07) is 0. The molecule has 0 aliphatic heterocycles. The lowest BCUT2D eigenvalue weighted by molar-refractivity contribution is 0.0430. The third-order valence-electron chi connectivity index (χ3n) is 2.33. The predicted octanol–water partition coefficient (Wildman–Crippen LogP) is 2.02. The van der Waals surface area contributed by atoms with E-state index in [-0.39, 0.29) is 11.7 Å². The van der Waals surface area contributed by atoms with Gasteiger partial charge in [0.1, 0.15) is 5.76 Å². The third-order valence-corrected chi connectivity index (χ3v) is 2.33. The summed E-state index contributed by atoms with van der Waals surface area (Å²) in [6.45, 7) is 5.82. The summed E-state index contributed by atoms with van der Waals surface area (Å²) in [4.78, 5) is 0. The second-order valence-corrected chi connectivity index (χ2v) is 3.92. The van der Waals surface area contributed by atoms with Crippen molar-refractivity contribution in [2.24, 2.45) is 11.8 Å². The second kappa shape index (κ2) is 2.94. The van der Waals surface area contributed by atoms with Crippen LogP contribution in [0.25, 0.3) is 0 Å². The first-order chi connectivity index (χ1) is 5.43. The Hall–Kier alpha value is -0.760. The Balaban J connectivity index is 2.90. The largest absolute Gasteiger partial charge is 0.508 e. The molecule has 1 aliphatic carbocycles. The highest BCUT2D eigenvalue weighted by Crippen LogP contribution is 2.31. The molecule has 2 nitrogen and oxygen atoms in total. The second-order valence-electron chi connectivity index (χ2n) is 3.92. The summed E-state index contributed by atoms with van der Waals surface area (Å²) in [7, 11) is 0. The lowest BCUT2D eigenvalue weighted by Crippen LogP contribution is -2.36. The molecule has 0 aromatic carbocycles. The molecule has 1 rings (SSSR count). The van der Waals surface area contributed by atoms with E-state index < -0.39 is 5.60 Å². The van der Waals surface area contributed by atoms with Crippen LogP contribution >= 0.6 is 0 Å². The fourth-order valence-electron chi connectivity index (χ4n) is 1.64. The first-order valence-corrected chi connectivity index (χ1v) is 4.26. The van der Waals surface area contributed by atoms with Crippen LogP contribution in [0.1, 0.15) is 20.8 Å². The van der Waals surface area contributed by atoms with Gasteiger partial charge in [0.05, 0.1) is 5.60 Å². The minimum atomic E-state index is -0.819. The summed E-state index contributed by atoms with van der Waals surface area (Å²) in [6.07, 6.45) is 4.90. The van der Waals surface area contributed by atoms with Gasteiger partial charge >= 0.3 is 0 Å². The van der Waals surface area contributed by atoms with E-state index >= 15 is 0 Å². The van der Waals surface area contributed by atoms with Crippen LogP contribution in [0.4, 0.5) is 0 Å². The van der Waals surface area contributed by atoms with Crippen LogP contribution in [0.2, 0.25) is 0 Å². The summed E-state index contributed by atoms with van der Waals surface area (Å²) >= 11 is 0. The predicted molar refractivity (Wildman–Crippen MR) is 48.8 cm³/mol. The van der Waals surface area contributed by atoms with E-state index in [4.69, 9.17) is 0 Å². The van der Waals surface area contributed by atoms with E-state index in [9.17, 15) is 10.2 Å². The highest BCUT2D eigenvalue weighted by Gasteiger charge is 2.32. The van der Waals surface area contributed by atoms with Crippen molar-refractivity contribution in [3.05, 3.63) is 24.0 Å². The minimum Gasteiger partial charge on any atom is -0.508 e. The molecule has 0 saturated heterocycles. The van der Waals surface area contributed by atoms with Crippen LogP contribution in [0.15, 0.2) is 24.0 Å². The average molecular weight is 168 g/mol. The van der Waals surface area contributed by atoms with Gasteiger partial charge in [0.25, 0.3) is 0 Å². The van der Waals surface area contributed by atoms with E-state index in [0.717, 1.165) is 0 Å². The third kappa shape index (κ3) is 1.69. The number of aliphatic hydroxyl groups excluding tert-OH is 1. The number of aliphatic hydroxyl groups is 2. The molecule has 0 heterocycles. The van der Waals surface area contributed by atoms with Crippen molar-refractivity contribution < 1.29 is 10.2 Å². The molecular weight excluding hydrogens is 152 g/mol. The molecule has 0 bridgehead atoms. The molecule has 2 unspecified atom stereocenters. The zero-order valence-corrected chi connectivity index (χ0v) is 7.78. The normalized spacial score (nSPS) is 35.4. The molecule has 2 N–H and O–H groups in total. The van der Waals surface area contributed by atoms with Gasteiger partial charge in [-0.15, -0.1) is 0 Å². The molecule has 0 spiro atoms. The molecule has 0 aromatic rings. The van der Waals surface area contributed by atoms with Crippen molar-refractivity contribution in [2.75, 3.05) is 0 Å². The molecule has 1 aliphatic rings. The maximum atomic E-state index is 9.88. The minimum absolute atomic E-state index is 0.00231. The highest BCUT2D eigenvalue weighted by atomic mass is 16.3. The highest BCUT2D eigenvalue weighted by molar-refractivity contribution is 5.24. The molecule has 68 valence electrons. The van der Waals surface area contributed by atoms with Crippen molar-refractivity contribution in [3.63, 3.8) is 0 Å². The van der Waals surface area contributed by atoms with Crippen molar-refractivity contribution >= 4 is 0 Å². The Morgan fingerprint density at radius 2 is 2.08 bits per heavy atom. The summed E-state index contributed by atoms with van der Waals surface area (Å²) in [5.41, 5.74) is -0.819. The van der Waals surface area contributed by atoms with Crippen LogP contribution in [-0.4, -0.2) is 15.8 Å². The molecule has 0 amide bonds. The maximum absolute atomic E-state index is 9.88. The fourth-order valence-corrected chi connectivity index (χ4v) is 1.64. The summed E-state index contributed by atoms with van der Waals surface area (Å²) < 4.78 is 0. The Morgan fingerprint density at radius 3 is 2.50 bits per heavy atom. The quantitative estimate of drug-likeness (QED) is 0.629. The van der Waals surface area contributed by atoms with Gasteiger partial charge in [0, 0.05) is 5.92 Å². The van der Waals surface area contributed by atoms with Crippen molar-refractivity contribution in [1.82, 2.24) is 0 Å². The standard InChI is InChI=1S/C10H16O2/c1-7(2)9-6-8(11)4-5-10(9,3)12/h4-7,9,11-12H,1-3H3. The van der Waals surface area contributed by atoms with Crippen LogP contribution in [-0.2, 0) is 0 Å². The lowest BCUT2D eigenvalue weighted by atomic mass is 9.78. The monoisotopic (exact) mass is 168 g/mol. The van der Waals surface area contributed by atoms with Gasteiger partial charge in [-0.25, -0.2) is 0 Å². The van der Waals surface area contributed by atoms with Crippen LogP contribution in [0, 0.1) is 11.8 Å². The van der Waals surface area contributed by atoms with Gasteiger partial charge in [-0.2, -0.15) is 0 Å². The molecule has 0 aromatic heterocycles. The van der Waals surface area contributed by atoms with Gasteiger partial charge < -0.3 is 10.2 Å². The van der Waals surface area contributed by atoms with Crippen molar-refractivity contribution in [1.29, 1.82) is 0 Å². The van der Waals surface area contributed by atoms with E-state index in [0.29, 0.717) is 5.92 Å². The number of rotatable bonds is 1. The SMILES string of the molecule is CC(C)C1C=C(O)C=CC1(C)O. The maximum Gasteiger partial charge on any atom is 0.111 e. The Bertz CT molecular complexity index is 224. The molecule has 0 saturated carbocycles. The fraction of sp³-hybridized carbons (Fsp3) is 0.600. The Kier molecular flexibility index (Phi) is 2.29. The number of hydrogen-bond donors (Lipinski definition) is 2. The smallest absolute Gasteiger partial charge is 0.111 e. The van der Waals surface area contributed by atoms with E-state index in [1.54, 1.807) is 25.2 Å². The number of allylic oxidation sites excluding steroid dienone is 1. The zero-order chi connectivity index (χ0) is 9.35. The van der Waals surface area contributed by atoms with Gasteiger partial charge in [0.15, 0.2) is 0 Å². The van der Waals surface area contributed by atoms with Crippen LogP contribution in [0.3, 0.4) is 0 Å². The molecular formula is C10H16O2. The summed E-state index contributed by atoms with van der Waals surface area (Å²) in [5.74, 6) is 0.579. The first kappa shape index (κ1) is 9.33. The molecule has 2 atom stereocenters. The Labute approximate surface area is 73.2 Å². The molecule has 0 radical (unpaired) electrons. The molecule has 12 heavy (non-hydrogen) atoms. The zero-order valence-electron chi connectivity index (χ0n) is 7.78. The topological polar surface area (TPSA) is 40.5 Å². The average Bonchev–Trinajstić information content (AvgIpc) is 1.94. The molecule has 0 fully saturated rings. The van der Waals surface area contributed by atoms with Gasteiger partial charge in [-0.1, -0.05) is 13.8 Å². The van der Waals surface area contributed by atoms with Crippen molar-refractivity contribution in [2.45, 2.75) is 26.4 Å². The van der Waals surface area contributed by atoms with Gasteiger partial charge in [0.2, 0.25) is 0 Å². The molecule has 2 heteroatoms. The van der Waals surface area contributed by atoms with Crippen LogP contribution in [0.5, 0.6) is 0 Å². The van der Waals surface area contributed by atoms with Crippen molar-refractivity contribution in [3.8, 4) is 0 Å².